The zero-order chi connectivity index (χ0) is 35.2. The summed E-state index contributed by atoms with van der Waals surface area (Å²) in [4.78, 5) is 40.0. The minimum absolute atomic E-state index is 0. The molecule has 12 nitrogen and oxygen atoms in total. The summed E-state index contributed by atoms with van der Waals surface area (Å²) >= 11 is 0. The van der Waals surface area contributed by atoms with Crippen molar-refractivity contribution in [3.63, 3.8) is 0 Å². The molecular formula is C36H36O12Pb-4. The first-order chi connectivity index (χ1) is 23.2. The van der Waals surface area contributed by atoms with Crippen LogP contribution in [0.15, 0.2) is 121 Å². The third-order valence-corrected chi connectivity index (χ3v) is 5.27. The van der Waals surface area contributed by atoms with Crippen molar-refractivity contribution in [2.75, 3.05) is 26.4 Å². The molecule has 0 aliphatic carbocycles. The van der Waals surface area contributed by atoms with Gasteiger partial charge in [-0.25, -0.2) is 0 Å². The number of hydrogen-bond acceptors (Lipinski definition) is 12. The van der Waals surface area contributed by atoms with E-state index in [1.807, 2.05) is 72.8 Å². The van der Waals surface area contributed by atoms with Crippen LogP contribution in [0.4, 0.5) is 0 Å². The summed E-state index contributed by atoms with van der Waals surface area (Å²) in [6.45, 7) is 0.636. The molecule has 0 aliphatic heterocycles. The van der Waals surface area contributed by atoms with Gasteiger partial charge >= 0.3 is 0 Å². The van der Waals surface area contributed by atoms with Crippen LogP contribution in [-0.2, 0) is 19.2 Å². The Hall–Kier alpha value is -5.12. The van der Waals surface area contributed by atoms with Crippen LogP contribution in [0.2, 0.25) is 0 Å². The maximum absolute atomic E-state index is 10.00. The van der Waals surface area contributed by atoms with Crippen LogP contribution in [0.1, 0.15) is 25.7 Å². The van der Waals surface area contributed by atoms with E-state index in [2.05, 4.69) is 0 Å². The fraction of sp³-hybridized carbons (Fsp3) is 0.222. The van der Waals surface area contributed by atoms with E-state index in [0.717, 1.165) is 0 Å². The van der Waals surface area contributed by atoms with Crippen LogP contribution in [0.3, 0.4) is 0 Å². The van der Waals surface area contributed by atoms with E-state index in [9.17, 15) is 39.6 Å². The SMILES string of the molecule is O=C([O-])CCOc1ccccc1.O=C([O-])CCOc1ccccc1.O=C([O-])CCOc1ccccc1.O=C([O-])CCOc1ccccc1.[Pb]. The molecule has 4 rings (SSSR count). The molecule has 13 heteroatoms. The molecule has 0 amide bonds. The van der Waals surface area contributed by atoms with Gasteiger partial charge in [-0.15, -0.1) is 0 Å². The summed E-state index contributed by atoms with van der Waals surface area (Å²) in [6.07, 6.45) is -0.298. The average Bonchev–Trinajstić information content (AvgIpc) is 3.07. The number of para-hydroxylation sites is 4. The summed E-state index contributed by atoms with van der Waals surface area (Å²) < 4.78 is 20.4. The fourth-order valence-electron chi connectivity index (χ4n) is 3.08. The van der Waals surface area contributed by atoms with E-state index in [0.29, 0.717) is 23.0 Å². The Morgan fingerprint density at radius 2 is 0.510 bits per heavy atom. The van der Waals surface area contributed by atoms with E-state index < -0.39 is 23.9 Å². The molecule has 0 aromatic heterocycles. The summed E-state index contributed by atoms with van der Waals surface area (Å²) in [7, 11) is 0. The van der Waals surface area contributed by atoms with Crippen molar-refractivity contribution in [2.45, 2.75) is 25.7 Å². The van der Waals surface area contributed by atoms with Gasteiger partial charge < -0.3 is 58.6 Å². The summed E-state index contributed by atoms with van der Waals surface area (Å²) in [5.41, 5.74) is 0. The normalized spacial score (nSPS) is 9.14. The van der Waals surface area contributed by atoms with Gasteiger partial charge in [-0.1, -0.05) is 72.8 Å². The maximum atomic E-state index is 10.00. The molecule has 0 atom stereocenters. The molecule has 4 aromatic carbocycles. The Morgan fingerprint density at radius 3 is 0.653 bits per heavy atom. The predicted molar refractivity (Wildman–Crippen MR) is 172 cm³/mol. The van der Waals surface area contributed by atoms with Gasteiger partial charge in [-0.05, 0) is 48.5 Å². The summed E-state index contributed by atoms with van der Waals surface area (Å²) in [5, 5.41) is 40.0. The Labute approximate surface area is 305 Å². The molecule has 0 N–H and O–H groups in total. The van der Waals surface area contributed by atoms with Crippen molar-refractivity contribution in [2.24, 2.45) is 0 Å². The minimum atomic E-state index is -1.09. The van der Waals surface area contributed by atoms with Gasteiger partial charge in [0, 0.05) is 76.9 Å². The Balaban J connectivity index is 0.000000623. The smallest absolute Gasteiger partial charge is 0.119 e. The molecule has 0 fully saturated rings. The van der Waals surface area contributed by atoms with Crippen LogP contribution in [0, 0.1) is 0 Å². The number of carboxylic acid groups (broad SMARTS) is 4. The standard InChI is InChI=1S/4C9H10O3.Pb/c4*10-9(11)6-7-12-8-4-2-1-3-5-8;/h4*1-5H,6-7H2,(H,10,11);/p-4. The molecule has 4 radical (unpaired) electrons. The van der Waals surface area contributed by atoms with Gasteiger partial charge in [0.1, 0.15) is 23.0 Å². The van der Waals surface area contributed by atoms with Gasteiger partial charge in [0.15, 0.2) is 0 Å². The van der Waals surface area contributed by atoms with Crippen molar-refractivity contribution < 1.29 is 58.6 Å². The first-order valence-corrected chi connectivity index (χ1v) is 14.7. The first-order valence-electron chi connectivity index (χ1n) is 14.7. The number of carbonyl (C=O) groups excluding carboxylic acids is 4. The number of benzene rings is 4. The van der Waals surface area contributed by atoms with Crippen LogP contribution in [0.5, 0.6) is 23.0 Å². The zero-order valence-electron chi connectivity index (χ0n) is 26.6. The van der Waals surface area contributed by atoms with Crippen LogP contribution in [-0.4, -0.2) is 77.6 Å². The molecule has 49 heavy (non-hydrogen) atoms. The number of carbonyl (C=O) groups is 4. The fourth-order valence-corrected chi connectivity index (χ4v) is 3.08. The summed E-state index contributed by atoms with van der Waals surface area (Å²) in [5.74, 6) is -1.65. The Kier molecular flexibility index (Phi) is 26.0. The second-order valence-corrected chi connectivity index (χ2v) is 9.13. The van der Waals surface area contributed by atoms with Gasteiger partial charge in [-0.3, -0.25) is 0 Å². The van der Waals surface area contributed by atoms with Crippen LogP contribution >= 0.6 is 0 Å². The second kappa shape index (κ2) is 29.1. The summed E-state index contributed by atoms with van der Waals surface area (Å²) in [6, 6.07) is 36.3. The van der Waals surface area contributed by atoms with Crippen molar-refractivity contribution >= 4 is 51.2 Å². The molecule has 4 aromatic rings. The van der Waals surface area contributed by atoms with E-state index in [1.165, 1.54) is 0 Å². The molecular weight excluding hydrogens is 832 g/mol. The first kappa shape index (κ1) is 43.9. The number of ether oxygens (including phenoxy) is 4. The molecule has 0 saturated heterocycles. The molecule has 0 unspecified atom stereocenters. The largest absolute Gasteiger partial charge is 0.550 e. The quantitative estimate of drug-likeness (QED) is 0.141. The van der Waals surface area contributed by atoms with Gasteiger partial charge in [-0.2, -0.15) is 0 Å². The Bertz CT molecular complexity index is 1200. The topological polar surface area (TPSA) is 197 Å². The molecule has 0 saturated carbocycles. The molecule has 0 bridgehead atoms. The van der Waals surface area contributed by atoms with Crippen molar-refractivity contribution in [1.29, 1.82) is 0 Å². The number of rotatable bonds is 16. The van der Waals surface area contributed by atoms with Crippen molar-refractivity contribution in [3.8, 4) is 23.0 Å². The monoisotopic (exact) mass is 868 g/mol. The van der Waals surface area contributed by atoms with E-state index in [1.54, 1.807) is 48.5 Å². The minimum Gasteiger partial charge on any atom is -0.550 e. The van der Waals surface area contributed by atoms with Crippen molar-refractivity contribution in [3.05, 3.63) is 121 Å². The maximum Gasteiger partial charge on any atom is 0.119 e. The van der Waals surface area contributed by atoms with E-state index in [4.69, 9.17) is 18.9 Å². The average molecular weight is 868 g/mol. The van der Waals surface area contributed by atoms with Crippen LogP contribution < -0.4 is 39.4 Å². The third-order valence-electron chi connectivity index (χ3n) is 5.27. The van der Waals surface area contributed by atoms with Gasteiger partial charge in [0.05, 0.1) is 26.4 Å². The predicted octanol–water partition coefficient (Wildman–Crippen LogP) is 0.441. The van der Waals surface area contributed by atoms with Crippen LogP contribution in [0.25, 0.3) is 0 Å². The van der Waals surface area contributed by atoms with Gasteiger partial charge in [0.2, 0.25) is 0 Å². The zero-order valence-corrected chi connectivity index (χ0v) is 30.5. The van der Waals surface area contributed by atoms with E-state index >= 15 is 0 Å². The molecule has 0 spiro atoms. The van der Waals surface area contributed by atoms with E-state index in [-0.39, 0.29) is 79.4 Å². The van der Waals surface area contributed by atoms with Crippen molar-refractivity contribution in [1.82, 2.24) is 0 Å². The van der Waals surface area contributed by atoms with Gasteiger partial charge in [0.25, 0.3) is 0 Å². The number of hydrogen-bond donors (Lipinski definition) is 0. The number of aliphatic carboxylic acids is 4. The molecule has 0 aliphatic rings. The number of carboxylic acids is 4. The second-order valence-electron chi connectivity index (χ2n) is 9.13. The molecule has 260 valence electrons. The Morgan fingerprint density at radius 1 is 0.347 bits per heavy atom. The molecule has 0 heterocycles. The third kappa shape index (κ3) is 27.7.